The first-order valence-corrected chi connectivity index (χ1v) is 10.9. The van der Waals surface area contributed by atoms with Crippen molar-refractivity contribution in [3.8, 4) is 0 Å². The van der Waals surface area contributed by atoms with Crippen molar-refractivity contribution in [3.63, 3.8) is 0 Å². The van der Waals surface area contributed by atoms with Crippen molar-refractivity contribution in [2.75, 3.05) is 26.7 Å². The Hall–Kier alpha value is -1.26. The molecule has 0 aliphatic carbocycles. The third kappa shape index (κ3) is 7.82. The zero-order chi connectivity index (χ0) is 19.8. The summed E-state index contributed by atoms with van der Waals surface area (Å²) in [5.41, 5.74) is 2.12. The topological polar surface area (TPSA) is 52.6 Å². The van der Waals surface area contributed by atoms with Crippen LogP contribution in [0.15, 0.2) is 34.6 Å². The van der Waals surface area contributed by atoms with Crippen LogP contribution in [0.25, 0.3) is 0 Å². The van der Waals surface area contributed by atoms with Crippen LogP contribution in [-0.4, -0.2) is 42.5 Å². The lowest BCUT2D eigenvalue weighted by Gasteiger charge is -2.31. The molecule has 1 aromatic heterocycles. The van der Waals surface area contributed by atoms with Crippen LogP contribution in [0.1, 0.15) is 36.0 Å². The molecule has 0 bridgehead atoms. The van der Waals surface area contributed by atoms with Crippen molar-refractivity contribution in [1.82, 2.24) is 20.5 Å². The minimum absolute atomic E-state index is 0. The van der Waals surface area contributed by atoms with Crippen LogP contribution < -0.4 is 10.6 Å². The Morgan fingerprint density at radius 3 is 2.76 bits per heavy atom. The lowest BCUT2D eigenvalue weighted by atomic mass is 9.97. The lowest BCUT2D eigenvalue weighted by Crippen LogP contribution is -2.42. The van der Waals surface area contributed by atoms with Crippen LogP contribution in [0.4, 0.5) is 4.39 Å². The number of nitrogens with one attached hydrogen (secondary N) is 2. The van der Waals surface area contributed by atoms with Crippen LogP contribution in [0, 0.1) is 11.7 Å². The Labute approximate surface area is 194 Å². The molecular weight excluding hydrogens is 500 g/mol. The molecule has 0 unspecified atom stereocenters. The molecule has 1 aliphatic heterocycles. The predicted octanol–water partition coefficient (Wildman–Crippen LogP) is 4.04. The summed E-state index contributed by atoms with van der Waals surface area (Å²) in [5.74, 6) is 1.20. The van der Waals surface area contributed by atoms with E-state index in [2.05, 4.69) is 37.8 Å². The third-order valence-electron chi connectivity index (χ3n) is 5.13. The average molecular weight is 531 g/mol. The molecule has 0 radical (unpaired) electrons. The molecule has 0 saturated carbocycles. The fraction of sp³-hybridized carbons (Fsp3) is 0.524. The predicted molar refractivity (Wildman–Crippen MR) is 130 cm³/mol. The zero-order valence-corrected chi connectivity index (χ0v) is 20.3. The number of aryl methyl sites for hydroxylation is 1. The van der Waals surface area contributed by atoms with Gasteiger partial charge in [-0.25, -0.2) is 9.37 Å². The van der Waals surface area contributed by atoms with E-state index in [4.69, 9.17) is 0 Å². The van der Waals surface area contributed by atoms with E-state index in [1.54, 1.807) is 30.5 Å². The third-order valence-corrected chi connectivity index (χ3v) is 6.17. The first-order chi connectivity index (χ1) is 13.7. The Morgan fingerprint density at radius 2 is 2.10 bits per heavy atom. The second kappa shape index (κ2) is 12.4. The van der Waals surface area contributed by atoms with E-state index in [1.807, 2.05) is 6.07 Å². The highest BCUT2D eigenvalue weighted by Crippen LogP contribution is 2.19. The first-order valence-electron chi connectivity index (χ1n) is 10.0. The van der Waals surface area contributed by atoms with Crippen LogP contribution in [0.5, 0.6) is 0 Å². The second-order valence-corrected chi connectivity index (χ2v) is 8.18. The summed E-state index contributed by atoms with van der Waals surface area (Å²) in [5, 5.41) is 10.1. The Bertz CT molecular complexity index is 774. The molecule has 2 heterocycles. The molecule has 3 rings (SSSR count). The number of nitrogens with zero attached hydrogens (tertiary/aromatic N) is 3. The second-order valence-electron chi connectivity index (χ2n) is 7.24. The van der Waals surface area contributed by atoms with Gasteiger partial charge in [0.25, 0.3) is 0 Å². The fourth-order valence-electron chi connectivity index (χ4n) is 3.46. The normalized spacial score (nSPS) is 15.8. The van der Waals surface area contributed by atoms with E-state index in [0.29, 0.717) is 12.5 Å². The maximum absolute atomic E-state index is 13.3. The summed E-state index contributed by atoms with van der Waals surface area (Å²) in [6.45, 7) is 6.81. The van der Waals surface area contributed by atoms with Gasteiger partial charge in [0.05, 0.1) is 10.7 Å². The van der Waals surface area contributed by atoms with Crippen LogP contribution in [0.3, 0.4) is 0 Å². The standard InChI is InChI=1S/C21H30FN5S.HI/c1-3-20-26-19(15-28-20)14-27-9-7-16(8-10-27)12-24-21(23-2)25-13-17-5-4-6-18(22)11-17;/h4-6,11,15-16H,3,7-10,12-14H2,1-2H3,(H2,23,24,25);1H. The molecule has 29 heavy (non-hydrogen) atoms. The number of likely N-dealkylation sites (tertiary alicyclic amines) is 1. The molecule has 1 saturated heterocycles. The van der Waals surface area contributed by atoms with E-state index in [-0.39, 0.29) is 29.8 Å². The number of thiazole rings is 1. The molecular formula is C21H31FIN5S. The minimum atomic E-state index is -0.211. The van der Waals surface area contributed by atoms with Crippen molar-refractivity contribution in [3.05, 3.63) is 51.7 Å². The summed E-state index contributed by atoms with van der Waals surface area (Å²) in [7, 11) is 1.77. The van der Waals surface area contributed by atoms with E-state index in [0.717, 1.165) is 44.1 Å². The fourth-order valence-corrected chi connectivity index (χ4v) is 4.19. The number of halogens is 2. The van der Waals surface area contributed by atoms with Crippen molar-refractivity contribution in [2.24, 2.45) is 10.9 Å². The van der Waals surface area contributed by atoms with E-state index in [1.165, 1.54) is 29.6 Å². The number of rotatable bonds is 7. The summed E-state index contributed by atoms with van der Waals surface area (Å²) in [6, 6.07) is 6.64. The summed E-state index contributed by atoms with van der Waals surface area (Å²) in [6.07, 6.45) is 3.38. The van der Waals surface area contributed by atoms with Gasteiger partial charge >= 0.3 is 0 Å². The molecule has 0 spiro atoms. The molecule has 0 atom stereocenters. The number of piperidine rings is 1. The molecule has 2 N–H and O–H groups in total. The number of guanidine groups is 1. The molecule has 1 aromatic carbocycles. The van der Waals surface area contributed by atoms with Crippen molar-refractivity contribution < 1.29 is 4.39 Å². The molecule has 1 aliphatic rings. The van der Waals surface area contributed by atoms with Gasteiger partial charge < -0.3 is 10.6 Å². The molecule has 0 amide bonds. The van der Waals surface area contributed by atoms with E-state index < -0.39 is 0 Å². The minimum Gasteiger partial charge on any atom is -0.356 e. The Morgan fingerprint density at radius 1 is 1.31 bits per heavy atom. The Balaban J connectivity index is 0.00000300. The van der Waals surface area contributed by atoms with E-state index in [9.17, 15) is 4.39 Å². The number of aromatic nitrogens is 1. The van der Waals surface area contributed by atoms with Gasteiger partial charge in [-0.3, -0.25) is 9.89 Å². The number of hydrogen-bond acceptors (Lipinski definition) is 4. The average Bonchev–Trinajstić information content (AvgIpc) is 3.17. The summed E-state index contributed by atoms with van der Waals surface area (Å²) in [4.78, 5) is 11.5. The highest BCUT2D eigenvalue weighted by atomic mass is 127. The monoisotopic (exact) mass is 531 g/mol. The largest absolute Gasteiger partial charge is 0.356 e. The Kier molecular flexibility index (Phi) is 10.3. The van der Waals surface area contributed by atoms with Crippen molar-refractivity contribution in [1.29, 1.82) is 0 Å². The maximum atomic E-state index is 13.3. The molecule has 5 nitrogen and oxygen atoms in total. The van der Waals surface area contributed by atoms with E-state index >= 15 is 0 Å². The highest BCUT2D eigenvalue weighted by molar-refractivity contribution is 14.0. The first kappa shape index (κ1) is 24.0. The highest BCUT2D eigenvalue weighted by Gasteiger charge is 2.20. The van der Waals surface area contributed by atoms with Gasteiger partial charge in [0, 0.05) is 32.1 Å². The van der Waals surface area contributed by atoms with Crippen molar-refractivity contribution in [2.45, 2.75) is 39.3 Å². The number of aliphatic imine (C=N–C) groups is 1. The molecule has 160 valence electrons. The van der Waals surface area contributed by atoms with Gasteiger partial charge in [-0.1, -0.05) is 19.1 Å². The maximum Gasteiger partial charge on any atom is 0.191 e. The smallest absolute Gasteiger partial charge is 0.191 e. The SMILES string of the molecule is CCc1nc(CN2CCC(CNC(=NC)NCc3cccc(F)c3)CC2)cs1.I. The lowest BCUT2D eigenvalue weighted by molar-refractivity contribution is 0.176. The van der Waals surface area contributed by atoms with Gasteiger partial charge in [-0.15, -0.1) is 35.3 Å². The van der Waals surface area contributed by atoms with Crippen LogP contribution >= 0.6 is 35.3 Å². The van der Waals surface area contributed by atoms with Gasteiger partial charge in [-0.05, 0) is 56.0 Å². The van der Waals surface area contributed by atoms with Gasteiger partial charge in [0.15, 0.2) is 5.96 Å². The molecule has 1 fully saturated rings. The van der Waals surface area contributed by atoms with Gasteiger partial charge in [0.2, 0.25) is 0 Å². The van der Waals surface area contributed by atoms with Gasteiger partial charge in [-0.2, -0.15) is 0 Å². The number of hydrogen-bond donors (Lipinski definition) is 2. The van der Waals surface area contributed by atoms with Crippen LogP contribution in [0.2, 0.25) is 0 Å². The number of benzene rings is 1. The quantitative estimate of drug-likeness (QED) is 0.322. The molecule has 8 heteroatoms. The zero-order valence-electron chi connectivity index (χ0n) is 17.2. The summed E-state index contributed by atoms with van der Waals surface area (Å²) >= 11 is 1.77. The van der Waals surface area contributed by atoms with Crippen LogP contribution in [-0.2, 0) is 19.5 Å². The van der Waals surface area contributed by atoms with Crippen molar-refractivity contribution >= 4 is 41.3 Å². The summed E-state index contributed by atoms with van der Waals surface area (Å²) < 4.78 is 13.3. The molecule has 2 aromatic rings. The van der Waals surface area contributed by atoms with Gasteiger partial charge in [0.1, 0.15) is 5.82 Å².